The number of thioether (sulfide) groups is 1. The van der Waals surface area contributed by atoms with Gasteiger partial charge in [-0.05, 0) is 54.9 Å². The molecule has 2 aromatic rings. The van der Waals surface area contributed by atoms with Crippen molar-refractivity contribution >= 4 is 35.3 Å². The second-order valence-corrected chi connectivity index (χ2v) is 8.70. The summed E-state index contributed by atoms with van der Waals surface area (Å²) in [6.45, 7) is 5.02. The molecule has 4 rings (SSSR count). The molecular weight excluding hydrogens is 426 g/mol. The van der Waals surface area contributed by atoms with Gasteiger partial charge in [-0.3, -0.25) is 14.5 Å². The highest BCUT2D eigenvalue weighted by molar-refractivity contribution is 8.04. The highest BCUT2D eigenvalue weighted by Gasteiger charge is 2.22. The minimum absolute atomic E-state index is 0.133. The number of hydrogen-bond donors (Lipinski definition) is 2. The van der Waals surface area contributed by atoms with E-state index in [1.807, 2.05) is 36.4 Å². The van der Waals surface area contributed by atoms with Crippen molar-refractivity contribution in [2.75, 3.05) is 51.8 Å². The number of morpholine rings is 1. The Morgan fingerprint density at radius 3 is 2.91 bits per heavy atom. The van der Waals surface area contributed by atoms with Crippen LogP contribution in [0.5, 0.6) is 5.75 Å². The van der Waals surface area contributed by atoms with Crippen molar-refractivity contribution in [3.63, 3.8) is 0 Å². The Morgan fingerprint density at radius 1 is 1.25 bits per heavy atom. The minimum Gasteiger partial charge on any atom is -0.497 e. The minimum atomic E-state index is -0.187. The van der Waals surface area contributed by atoms with Gasteiger partial charge in [0.15, 0.2) is 0 Å². The third kappa shape index (κ3) is 5.70. The van der Waals surface area contributed by atoms with E-state index in [0.717, 1.165) is 55.5 Å². The summed E-state index contributed by atoms with van der Waals surface area (Å²) >= 11 is 1.39. The molecule has 32 heavy (non-hydrogen) atoms. The lowest BCUT2D eigenvalue weighted by molar-refractivity contribution is -0.112. The number of amides is 2. The maximum atomic E-state index is 12.6. The quantitative estimate of drug-likeness (QED) is 0.495. The average molecular weight is 454 g/mol. The predicted molar refractivity (Wildman–Crippen MR) is 126 cm³/mol. The standard InChI is InChI=1S/C24H27N3O4S/c1-30-19-5-2-4-17(14-19)15-22-24(29)26-20-16-18(6-7-21(20)32-22)23(28)25-8-3-9-27-10-12-31-13-11-27/h2,4-7,14-16H,3,8-13H2,1H3,(H,25,28)(H,26,29). The molecule has 0 aromatic heterocycles. The fourth-order valence-electron chi connectivity index (χ4n) is 3.62. The summed E-state index contributed by atoms with van der Waals surface area (Å²) in [7, 11) is 1.61. The van der Waals surface area contributed by atoms with E-state index >= 15 is 0 Å². The Hall–Kier alpha value is -2.81. The molecule has 0 atom stereocenters. The summed E-state index contributed by atoms with van der Waals surface area (Å²) in [5.41, 5.74) is 2.08. The fourth-order valence-corrected chi connectivity index (χ4v) is 4.55. The molecule has 0 saturated carbocycles. The van der Waals surface area contributed by atoms with Crippen LogP contribution < -0.4 is 15.4 Å². The number of fused-ring (bicyclic) bond motifs is 1. The number of carbonyl (C=O) groups excluding carboxylic acids is 2. The number of anilines is 1. The van der Waals surface area contributed by atoms with Crippen molar-refractivity contribution in [3.05, 3.63) is 58.5 Å². The van der Waals surface area contributed by atoms with Crippen molar-refractivity contribution in [3.8, 4) is 5.75 Å². The van der Waals surface area contributed by atoms with Gasteiger partial charge in [0.25, 0.3) is 11.8 Å². The summed E-state index contributed by atoms with van der Waals surface area (Å²) in [5, 5.41) is 5.88. The first-order chi connectivity index (χ1) is 15.6. The molecule has 0 unspecified atom stereocenters. The van der Waals surface area contributed by atoms with E-state index in [9.17, 15) is 9.59 Å². The summed E-state index contributed by atoms with van der Waals surface area (Å²) in [5.74, 6) is 0.418. The molecule has 0 radical (unpaired) electrons. The number of hydrogen-bond acceptors (Lipinski definition) is 6. The maximum Gasteiger partial charge on any atom is 0.262 e. The van der Waals surface area contributed by atoms with Gasteiger partial charge in [-0.25, -0.2) is 0 Å². The van der Waals surface area contributed by atoms with Crippen LogP contribution in [-0.2, 0) is 9.53 Å². The van der Waals surface area contributed by atoms with E-state index in [4.69, 9.17) is 9.47 Å². The van der Waals surface area contributed by atoms with Crippen molar-refractivity contribution < 1.29 is 19.1 Å². The van der Waals surface area contributed by atoms with Crippen molar-refractivity contribution in [1.29, 1.82) is 0 Å². The van der Waals surface area contributed by atoms with E-state index in [-0.39, 0.29) is 11.8 Å². The van der Waals surface area contributed by atoms with Gasteiger partial charge in [0.1, 0.15) is 5.75 Å². The summed E-state index contributed by atoms with van der Waals surface area (Å²) in [6.07, 6.45) is 2.72. The first-order valence-electron chi connectivity index (χ1n) is 10.7. The van der Waals surface area contributed by atoms with Crippen LogP contribution in [0.25, 0.3) is 6.08 Å². The molecular formula is C24H27N3O4S. The number of carbonyl (C=O) groups is 2. The number of nitrogens with one attached hydrogen (secondary N) is 2. The Labute approximate surface area is 192 Å². The average Bonchev–Trinajstić information content (AvgIpc) is 2.82. The second kappa shape index (κ2) is 10.7. The van der Waals surface area contributed by atoms with Crippen molar-refractivity contribution in [2.24, 2.45) is 0 Å². The number of benzene rings is 2. The molecule has 2 aromatic carbocycles. The molecule has 2 heterocycles. The van der Waals surface area contributed by atoms with Gasteiger partial charge in [0, 0.05) is 30.1 Å². The molecule has 8 heteroatoms. The third-order valence-electron chi connectivity index (χ3n) is 5.37. The molecule has 2 N–H and O–H groups in total. The van der Waals surface area contributed by atoms with Crippen molar-refractivity contribution in [2.45, 2.75) is 11.3 Å². The highest BCUT2D eigenvalue weighted by Crippen LogP contribution is 2.39. The maximum absolute atomic E-state index is 12.6. The van der Waals surface area contributed by atoms with Gasteiger partial charge in [-0.15, -0.1) is 0 Å². The normalized spacial score (nSPS) is 17.5. The lowest BCUT2D eigenvalue weighted by atomic mass is 10.1. The lowest BCUT2D eigenvalue weighted by Crippen LogP contribution is -2.38. The SMILES string of the molecule is COc1cccc(C=C2Sc3ccc(C(=O)NCCCN4CCOCC4)cc3NC2=O)c1. The zero-order chi connectivity index (χ0) is 22.3. The molecule has 2 amide bonds. The fraction of sp³-hybridized carbons (Fsp3) is 0.333. The highest BCUT2D eigenvalue weighted by atomic mass is 32.2. The molecule has 168 valence electrons. The third-order valence-corrected chi connectivity index (χ3v) is 6.46. The second-order valence-electron chi connectivity index (χ2n) is 7.62. The van der Waals surface area contributed by atoms with Crippen LogP contribution in [-0.4, -0.2) is 63.2 Å². The van der Waals surface area contributed by atoms with Crippen LogP contribution in [0.1, 0.15) is 22.3 Å². The van der Waals surface area contributed by atoms with Gasteiger partial charge >= 0.3 is 0 Å². The zero-order valence-electron chi connectivity index (χ0n) is 18.1. The smallest absolute Gasteiger partial charge is 0.262 e. The number of rotatable bonds is 7. The Bertz CT molecular complexity index is 1020. The van der Waals surface area contributed by atoms with Gasteiger partial charge < -0.3 is 20.1 Å². The van der Waals surface area contributed by atoms with Crippen LogP contribution in [0.4, 0.5) is 5.69 Å². The van der Waals surface area contributed by atoms with Gasteiger partial charge in [-0.2, -0.15) is 0 Å². The first-order valence-corrected chi connectivity index (χ1v) is 11.5. The molecule has 1 saturated heterocycles. The Morgan fingerprint density at radius 2 is 2.09 bits per heavy atom. The molecule has 2 aliphatic heterocycles. The largest absolute Gasteiger partial charge is 0.497 e. The first kappa shape index (κ1) is 22.4. The molecule has 0 aliphatic carbocycles. The number of ether oxygens (including phenoxy) is 2. The monoisotopic (exact) mass is 453 g/mol. The number of nitrogens with zero attached hydrogens (tertiary/aromatic N) is 1. The molecule has 0 bridgehead atoms. The van der Waals surface area contributed by atoms with Crippen LogP contribution >= 0.6 is 11.8 Å². The van der Waals surface area contributed by atoms with E-state index in [2.05, 4.69) is 15.5 Å². The molecule has 7 nitrogen and oxygen atoms in total. The Balaban J connectivity index is 1.35. The van der Waals surface area contributed by atoms with E-state index in [1.165, 1.54) is 11.8 Å². The van der Waals surface area contributed by atoms with Gasteiger partial charge in [0.2, 0.25) is 0 Å². The molecule has 2 aliphatic rings. The van der Waals surface area contributed by atoms with Crippen LogP contribution in [0, 0.1) is 0 Å². The van der Waals surface area contributed by atoms with E-state index in [0.29, 0.717) is 22.7 Å². The van der Waals surface area contributed by atoms with E-state index in [1.54, 1.807) is 19.2 Å². The van der Waals surface area contributed by atoms with Crippen molar-refractivity contribution in [1.82, 2.24) is 10.2 Å². The van der Waals surface area contributed by atoms with Crippen LogP contribution in [0.15, 0.2) is 52.3 Å². The number of methoxy groups -OCH3 is 1. The lowest BCUT2D eigenvalue weighted by Gasteiger charge is -2.26. The van der Waals surface area contributed by atoms with Crippen LogP contribution in [0.2, 0.25) is 0 Å². The summed E-state index contributed by atoms with van der Waals surface area (Å²) in [6, 6.07) is 13.0. The summed E-state index contributed by atoms with van der Waals surface area (Å²) < 4.78 is 10.6. The van der Waals surface area contributed by atoms with E-state index < -0.39 is 0 Å². The zero-order valence-corrected chi connectivity index (χ0v) is 18.9. The predicted octanol–water partition coefficient (Wildman–Crippen LogP) is 3.23. The van der Waals surface area contributed by atoms with Gasteiger partial charge in [-0.1, -0.05) is 23.9 Å². The Kier molecular flexibility index (Phi) is 7.47. The van der Waals surface area contributed by atoms with Gasteiger partial charge in [0.05, 0.1) is 30.9 Å². The van der Waals surface area contributed by atoms with Crippen LogP contribution in [0.3, 0.4) is 0 Å². The molecule has 0 spiro atoms. The molecule has 1 fully saturated rings. The topological polar surface area (TPSA) is 79.9 Å². The summed E-state index contributed by atoms with van der Waals surface area (Å²) in [4.78, 5) is 29.0.